The van der Waals surface area contributed by atoms with Crippen LogP contribution in [0.5, 0.6) is 5.75 Å². The second-order valence-electron chi connectivity index (χ2n) is 5.92. The molecular formula is C18H20N4O2. The van der Waals surface area contributed by atoms with E-state index in [2.05, 4.69) is 15.5 Å². The fraction of sp³-hybridized carbons (Fsp3) is 0.278. The Morgan fingerprint density at radius 3 is 2.75 bits per heavy atom. The summed E-state index contributed by atoms with van der Waals surface area (Å²) in [6, 6.07) is 9.41. The molecule has 1 aromatic carbocycles. The predicted octanol–water partition coefficient (Wildman–Crippen LogP) is 2.54. The van der Waals surface area contributed by atoms with Crippen molar-refractivity contribution in [3.63, 3.8) is 0 Å². The topological polar surface area (TPSA) is 68.5 Å². The van der Waals surface area contributed by atoms with Gasteiger partial charge in [-0.25, -0.2) is 0 Å². The maximum Gasteiger partial charge on any atom is 0.253 e. The Morgan fingerprint density at radius 1 is 1.25 bits per heavy atom. The molecule has 0 saturated carbocycles. The summed E-state index contributed by atoms with van der Waals surface area (Å²) >= 11 is 0. The molecule has 0 aliphatic heterocycles. The number of aromatic nitrogens is 3. The summed E-state index contributed by atoms with van der Waals surface area (Å²) < 4.78 is 7.60. The van der Waals surface area contributed by atoms with E-state index in [1.165, 1.54) is 0 Å². The van der Waals surface area contributed by atoms with Gasteiger partial charge in [-0.15, -0.1) is 10.2 Å². The number of fused-ring (bicyclic) bond motifs is 1. The number of aryl methyl sites for hydroxylation is 2. The van der Waals surface area contributed by atoms with Crippen LogP contribution >= 0.6 is 0 Å². The smallest absolute Gasteiger partial charge is 0.253 e. The second-order valence-corrected chi connectivity index (χ2v) is 5.92. The summed E-state index contributed by atoms with van der Waals surface area (Å²) in [5.41, 5.74) is 3.44. The van der Waals surface area contributed by atoms with Gasteiger partial charge in [-0.2, -0.15) is 0 Å². The molecule has 24 heavy (non-hydrogen) atoms. The van der Waals surface area contributed by atoms with E-state index < -0.39 is 0 Å². The number of ether oxygens (including phenoxy) is 1. The highest BCUT2D eigenvalue weighted by Gasteiger charge is 2.12. The first-order chi connectivity index (χ1) is 11.5. The average molecular weight is 324 g/mol. The van der Waals surface area contributed by atoms with Crippen molar-refractivity contribution in [3.8, 4) is 5.75 Å². The lowest BCUT2D eigenvalue weighted by Gasteiger charge is -2.17. The van der Waals surface area contributed by atoms with Crippen molar-refractivity contribution in [2.75, 3.05) is 6.61 Å². The van der Waals surface area contributed by atoms with Gasteiger partial charge >= 0.3 is 0 Å². The molecule has 6 nitrogen and oxygen atoms in total. The molecule has 2 heterocycles. The number of carbonyl (C=O) groups is 1. The molecule has 6 heteroatoms. The van der Waals surface area contributed by atoms with Crippen LogP contribution in [0.3, 0.4) is 0 Å². The summed E-state index contributed by atoms with van der Waals surface area (Å²) in [4.78, 5) is 12.3. The van der Waals surface area contributed by atoms with Crippen LogP contribution in [0.2, 0.25) is 0 Å². The second kappa shape index (κ2) is 6.70. The number of hydrogen-bond acceptors (Lipinski definition) is 4. The number of nitrogens with one attached hydrogen (secondary N) is 1. The zero-order valence-corrected chi connectivity index (χ0v) is 14.0. The third-order valence-corrected chi connectivity index (χ3v) is 3.82. The first-order valence-corrected chi connectivity index (χ1v) is 7.84. The normalized spacial score (nSPS) is 12.1. The van der Waals surface area contributed by atoms with Crippen molar-refractivity contribution in [1.29, 1.82) is 0 Å². The van der Waals surface area contributed by atoms with E-state index in [-0.39, 0.29) is 11.9 Å². The number of para-hydroxylation sites is 1. The molecule has 0 bridgehead atoms. The summed E-state index contributed by atoms with van der Waals surface area (Å²) in [6.07, 6.45) is 3.28. The molecule has 0 unspecified atom stereocenters. The van der Waals surface area contributed by atoms with Gasteiger partial charge in [0.2, 0.25) is 0 Å². The SMILES string of the molecule is Cc1cccc(C)c1OC[C@H](C)NC(=O)c1ccc2nncn2c1. The number of carbonyl (C=O) groups excluding carboxylic acids is 1. The van der Waals surface area contributed by atoms with E-state index in [1.54, 1.807) is 29.1 Å². The van der Waals surface area contributed by atoms with E-state index >= 15 is 0 Å². The molecule has 3 rings (SSSR count). The minimum atomic E-state index is -0.150. The highest BCUT2D eigenvalue weighted by Crippen LogP contribution is 2.22. The van der Waals surface area contributed by atoms with Crippen molar-refractivity contribution in [1.82, 2.24) is 19.9 Å². The Labute approximate surface area is 140 Å². The molecular weight excluding hydrogens is 304 g/mol. The van der Waals surface area contributed by atoms with Gasteiger partial charge < -0.3 is 10.1 Å². The van der Waals surface area contributed by atoms with Crippen molar-refractivity contribution in [3.05, 3.63) is 59.5 Å². The average Bonchev–Trinajstić information content (AvgIpc) is 3.01. The largest absolute Gasteiger partial charge is 0.491 e. The molecule has 0 radical (unpaired) electrons. The molecule has 1 N–H and O–H groups in total. The van der Waals surface area contributed by atoms with Crippen LogP contribution in [-0.4, -0.2) is 33.2 Å². The Bertz CT molecular complexity index is 852. The van der Waals surface area contributed by atoms with Crippen molar-refractivity contribution >= 4 is 11.6 Å². The number of rotatable bonds is 5. The molecule has 1 amide bonds. The Morgan fingerprint density at radius 2 is 2.00 bits per heavy atom. The monoisotopic (exact) mass is 324 g/mol. The van der Waals surface area contributed by atoms with Gasteiger partial charge in [-0.05, 0) is 44.0 Å². The summed E-state index contributed by atoms with van der Waals surface area (Å²) in [7, 11) is 0. The molecule has 1 atom stereocenters. The summed E-state index contributed by atoms with van der Waals surface area (Å²) in [5.74, 6) is 0.729. The van der Waals surface area contributed by atoms with Gasteiger partial charge in [0.15, 0.2) is 5.65 Å². The molecule has 3 aromatic rings. The Hall–Kier alpha value is -2.89. The number of pyridine rings is 1. The molecule has 0 spiro atoms. The summed E-state index contributed by atoms with van der Waals surface area (Å²) in [5, 5.41) is 10.7. The van der Waals surface area contributed by atoms with Crippen LogP contribution in [-0.2, 0) is 0 Å². The third-order valence-electron chi connectivity index (χ3n) is 3.82. The predicted molar refractivity (Wildman–Crippen MR) is 91.3 cm³/mol. The first-order valence-electron chi connectivity index (χ1n) is 7.84. The summed E-state index contributed by atoms with van der Waals surface area (Å²) in [6.45, 7) is 6.36. The molecule has 0 fully saturated rings. The lowest BCUT2D eigenvalue weighted by atomic mass is 10.1. The van der Waals surface area contributed by atoms with Crippen molar-refractivity contribution < 1.29 is 9.53 Å². The van der Waals surface area contributed by atoms with Crippen LogP contribution in [0.15, 0.2) is 42.9 Å². The van der Waals surface area contributed by atoms with Crippen LogP contribution in [0.1, 0.15) is 28.4 Å². The molecule has 0 aliphatic rings. The fourth-order valence-electron chi connectivity index (χ4n) is 2.55. The molecule has 124 valence electrons. The van der Waals surface area contributed by atoms with E-state index in [9.17, 15) is 4.79 Å². The molecule has 0 aliphatic carbocycles. The van der Waals surface area contributed by atoms with E-state index in [0.29, 0.717) is 17.8 Å². The standard InChI is InChI=1S/C18H20N4O2/c1-12-5-4-6-13(2)17(12)24-10-14(3)20-18(23)15-7-8-16-21-19-11-22(16)9-15/h4-9,11,14H,10H2,1-3H3,(H,20,23)/t14-/m0/s1. The zero-order valence-electron chi connectivity index (χ0n) is 14.0. The van der Waals surface area contributed by atoms with Crippen LogP contribution < -0.4 is 10.1 Å². The van der Waals surface area contributed by atoms with E-state index in [0.717, 1.165) is 16.9 Å². The number of benzene rings is 1. The van der Waals surface area contributed by atoms with Gasteiger partial charge in [0.25, 0.3) is 5.91 Å². The van der Waals surface area contributed by atoms with Crippen molar-refractivity contribution in [2.24, 2.45) is 0 Å². The number of hydrogen-bond donors (Lipinski definition) is 1. The highest BCUT2D eigenvalue weighted by molar-refractivity contribution is 5.94. The highest BCUT2D eigenvalue weighted by atomic mass is 16.5. The van der Waals surface area contributed by atoms with Gasteiger partial charge in [-0.1, -0.05) is 18.2 Å². The minimum Gasteiger partial charge on any atom is -0.491 e. The van der Waals surface area contributed by atoms with Crippen LogP contribution in [0.4, 0.5) is 0 Å². The quantitative estimate of drug-likeness (QED) is 0.783. The van der Waals surface area contributed by atoms with Crippen LogP contribution in [0, 0.1) is 13.8 Å². The fourth-order valence-corrected chi connectivity index (χ4v) is 2.55. The van der Waals surface area contributed by atoms with Gasteiger partial charge in [0.1, 0.15) is 18.7 Å². The lowest BCUT2D eigenvalue weighted by Crippen LogP contribution is -2.37. The minimum absolute atomic E-state index is 0.117. The third kappa shape index (κ3) is 3.37. The van der Waals surface area contributed by atoms with Gasteiger partial charge in [-0.3, -0.25) is 9.20 Å². The van der Waals surface area contributed by atoms with E-state index in [1.807, 2.05) is 39.0 Å². The Balaban J connectivity index is 1.61. The zero-order chi connectivity index (χ0) is 17.1. The maximum absolute atomic E-state index is 12.3. The van der Waals surface area contributed by atoms with Gasteiger partial charge in [0, 0.05) is 6.20 Å². The first kappa shape index (κ1) is 16.0. The molecule has 2 aromatic heterocycles. The van der Waals surface area contributed by atoms with Gasteiger partial charge in [0.05, 0.1) is 11.6 Å². The number of amides is 1. The van der Waals surface area contributed by atoms with Crippen molar-refractivity contribution in [2.45, 2.75) is 26.8 Å². The van der Waals surface area contributed by atoms with E-state index in [4.69, 9.17) is 4.74 Å². The lowest BCUT2D eigenvalue weighted by molar-refractivity contribution is 0.0926. The molecule has 0 saturated heterocycles. The number of nitrogens with zero attached hydrogens (tertiary/aromatic N) is 3. The maximum atomic E-state index is 12.3. The Kier molecular flexibility index (Phi) is 4.46. The van der Waals surface area contributed by atoms with Crippen LogP contribution in [0.25, 0.3) is 5.65 Å².